The first-order valence-electron chi connectivity index (χ1n) is 7.23. The maximum absolute atomic E-state index is 11.9. The van der Waals surface area contributed by atoms with Gasteiger partial charge in [-0.2, -0.15) is 0 Å². The van der Waals surface area contributed by atoms with Gasteiger partial charge in [0, 0.05) is 29.4 Å². The van der Waals surface area contributed by atoms with Gasteiger partial charge >= 0.3 is 6.03 Å². The number of ether oxygens (including phenoxy) is 1. The topological polar surface area (TPSA) is 67.4 Å². The van der Waals surface area contributed by atoms with Gasteiger partial charge in [-0.05, 0) is 31.2 Å². The van der Waals surface area contributed by atoms with Crippen LogP contribution in [-0.4, -0.2) is 28.8 Å². The second kappa shape index (κ2) is 8.33. The van der Waals surface area contributed by atoms with Crippen molar-refractivity contribution in [3.05, 3.63) is 54.1 Å². The van der Waals surface area contributed by atoms with E-state index in [1.807, 2.05) is 43.3 Å². The minimum atomic E-state index is -0.929. The summed E-state index contributed by atoms with van der Waals surface area (Å²) in [6, 6.07) is 14.5. The monoisotopic (exact) mass is 332 g/mol. The molecule has 0 aliphatic carbocycles. The van der Waals surface area contributed by atoms with E-state index >= 15 is 0 Å². The van der Waals surface area contributed by atoms with E-state index in [4.69, 9.17) is 4.74 Å². The number of aryl methyl sites for hydroxylation is 1. The molecule has 0 spiro atoms. The minimum Gasteiger partial charge on any atom is -0.455 e. The average molecular weight is 332 g/mol. The fourth-order valence-corrected chi connectivity index (χ4v) is 2.26. The molecule has 2 aromatic carbocycles. The third-order valence-electron chi connectivity index (χ3n) is 3.06. The lowest BCUT2D eigenvalue weighted by atomic mass is 10.2. The zero-order valence-electron chi connectivity index (χ0n) is 13.2. The van der Waals surface area contributed by atoms with Gasteiger partial charge in [0.05, 0.1) is 5.69 Å². The van der Waals surface area contributed by atoms with Gasteiger partial charge in [-0.15, -0.1) is 0 Å². The minimum absolute atomic E-state index is 0.351. The van der Waals surface area contributed by atoms with Gasteiger partial charge in [0.15, 0.2) is 5.75 Å². The van der Waals surface area contributed by atoms with Crippen LogP contribution < -0.4 is 15.4 Å². The molecule has 2 N–H and O–H groups in total. The van der Waals surface area contributed by atoms with Gasteiger partial charge < -0.3 is 15.4 Å². The van der Waals surface area contributed by atoms with E-state index < -0.39 is 10.8 Å². The lowest BCUT2D eigenvalue weighted by Crippen LogP contribution is -2.31. The van der Waals surface area contributed by atoms with Crippen molar-refractivity contribution < 1.29 is 13.7 Å². The van der Waals surface area contributed by atoms with Crippen LogP contribution in [0, 0.1) is 6.92 Å². The fraction of sp³-hybridized carbons (Fsp3) is 0.235. The quantitative estimate of drug-likeness (QED) is 0.853. The predicted molar refractivity (Wildman–Crippen MR) is 93.6 cm³/mol. The molecule has 2 aromatic rings. The van der Waals surface area contributed by atoms with Crippen molar-refractivity contribution >= 4 is 22.5 Å². The summed E-state index contributed by atoms with van der Waals surface area (Å²) in [6.07, 6.45) is 1.60. The Hall–Kier alpha value is -2.34. The van der Waals surface area contributed by atoms with Crippen LogP contribution in [0.1, 0.15) is 5.56 Å². The zero-order valence-corrected chi connectivity index (χ0v) is 14.0. The van der Waals surface area contributed by atoms with Crippen LogP contribution in [0.15, 0.2) is 48.5 Å². The Morgan fingerprint density at radius 1 is 1.13 bits per heavy atom. The third kappa shape index (κ3) is 5.75. The molecule has 0 radical (unpaired) electrons. The van der Waals surface area contributed by atoms with Gasteiger partial charge in [0.2, 0.25) is 0 Å². The number of benzene rings is 2. The van der Waals surface area contributed by atoms with E-state index in [9.17, 15) is 9.00 Å². The molecule has 0 fully saturated rings. The predicted octanol–water partition coefficient (Wildman–Crippen LogP) is 3.29. The number of carbonyl (C=O) groups excluding carboxylic acids is 1. The van der Waals surface area contributed by atoms with Crippen LogP contribution in [0.5, 0.6) is 11.5 Å². The van der Waals surface area contributed by atoms with E-state index in [0.29, 0.717) is 29.5 Å². The van der Waals surface area contributed by atoms with Crippen LogP contribution in [0.25, 0.3) is 0 Å². The zero-order chi connectivity index (χ0) is 16.7. The maximum atomic E-state index is 11.9. The van der Waals surface area contributed by atoms with Crippen molar-refractivity contribution in [1.29, 1.82) is 0 Å². The lowest BCUT2D eigenvalue weighted by molar-refractivity contribution is 0.252. The summed E-state index contributed by atoms with van der Waals surface area (Å²) in [7, 11) is -0.929. The van der Waals surface area contributed by atoms with Gasteiger partial charge in [0.1, 0.15) is 5.75 Å². The Morgan fingerprint density at radius 2 is 1.83 bits per heavy atom. The van der Waals surface area contributed by atoms with E-state index in [2.05, 4.69) is 10.6 Å². The van der Waals surface area contributed by atoms with Crippen molar-refractivity contribution in [3.8, 4) is 11.5 Å². The summed E-state index contributed by atoms with van der Waals surface area (Å²) >= 11 is 0. The molecule has 2 amide bonds. The molecule has 23 heavy (non-hydrogen) atoms. The molecule has 122 valence electrons. The Labute approximate surface area is 138 Å². The molecule has 0 bridgehead atoms. The number of anilines is 1. The molecule has 0 heterocycles. The van der Waals surface area contributed by atoms with Crippen LogP contribution >= 0.6 is 0 Å². The average Bonchev–Trinajstić information content (AvgIpc) is 2.51. The molecule has 0 aliphatic heterocycles. The number of urea groups is 1. The van der Waals surface area contributed by atoms with Crippen molar-refractivity contribution in [1.82, 2.24) is 5.32 Å². The molecule has 5 nitrogen and oxygen atoms in total. The lowest BCUT2D eigenvalue weighted by Gasteiger charge is -2.13. The third-order valence-corrected chi connectivity index (χ3v) is 3.84. The Kier molecular flexibility index (Phi) is 6.17. The molecule has 0 aliphatic rings. The smallest absolute Gasteiger partial charge is 0.319 e. The van der Waals surface area contributed by atoms with E-state index in [1.165, 1.54) is 0 Å². The molecule has 0 saturated heterocycles. The second-order valence-corrected chi connectivity index (χ2v) is 6.62. The van der Waals surface area contributed by atoms with Gasteiger partial charge in [-0.25, -0.2) is 4.79 Å². The summed E-state index contributed by atoms with van der Waals surface area (Å²) in [4.78, 5) is 11.9. The number of amides is 2. The maximum Gasteiger partial charge on any atom is 0.319 e. The summed E-state index contributed by atoms with van der Waals surface area (Å²) in [5, 5.41) is 5.40. The SMILES string of the molecule is Cc1ccc(Oc2ccccc2NC(=O)NCC[S@](C)=O)cc1. The molecule has 1 atom stereocenters. The fourth-order valence-electron chi connectivity index (χ4n) is 1.87. The van der Waals surface area contributed by atoms with Crippen LogP contribution in [0.3, 0.4) is 0 Å². The van der Waals surface area contributed by atoms with Crippen molar-refractivity contribution in [2.75, 3.05) is 23.9 Å². The van der Waals surface area contributed by atoms with Gasteiger partial charge in [-0.3, -0.25) is 4.21 Å². The molecule has 0 unspecified atom stereocenters. The van der Waals surface area contributed by atoms with Crippen molar-refractivity contribution in [2.24, 2.45) is 0 Å². The summed E-state index contributed by atoms with van der Waals surface area (Å²) in [6.45, 7) is 2.36. The number of nitrogens with one attached hydrogen (secondary N) is 2. The first kappa shape index (κ1) is 17.0. The van der Waals surface area contributed by atoms with Gasteiger partial charge in [-0.1, -0.05) is 29.8 Å². The summed E-state index contributed by atoms with van der Waals surface area (Å²) in [5.41, 5.74) is 1.72. The second-order valence-electron chi connectivity index (χ2n) is 5.07. The summed E-state index contributed by atoms with van der Waals surface area (Å²) < 4.78 is 16.8. The van der Waals surface area contributed by atoms with E-state index in [1.54, 1.807) is 18.4 Å². The van der Waals surface area contributed by atoms with E-state index in [0.717, 1.165) is 5.56 Å². The van der Waals surface area contributed by atoms with Crippen molar-refractivity contribution in [3.63, 3.8) is 0 Å². The van der Waals surface area contributed by atoms with Crippen molar-refractivity contribution in [2.45, 2.75) is 6.92 Å². The van der Waals surface area contributed by atoms with Crippen LogP contribution in [0.2, 0.25) is 0 Å². The summed E-state index contributed by atoms with van der Waals surface area (Å²) in [5.74, 6) is 1.69. The van der Waals surface area contributed by atoms with Gasteiger partial charge in [0.25, 0.3) is 0 Å². The first-order valence-corrected chi connectivity index (χ1v) is 8.96. The Balaban J connectivity index is 2.01. The molecule has 2 rings (SSSR count). The molecule has 0 saturated carbocycles. The highest BCUT2D eigenvalue weighted by Gasteiger charge is 2.08. The number of rotatable bonds is 6. The molecular weight excluding hydrogens is 312 g/mol. The molecule has 0 aromatic heterocycles. The standard InChI is InChI=1S/C17H20N2O3S/c1-13-7-9-14(10-8-13)22-16-6-4-3-5-15(16)19-17(20)18-11-12-23(2)21/h3-10H,11-12H2,1-2H3,(H2,18,19,20)/t23-/m0/s1. The Morgan fingerprint density at radius 3 is 2.52 bits per heavy atom. The number of para-hydroxylation sites is 2. The van der Waals surface area contributed by atoms with E-state index in [-0.39, 0.29) is 6.03 Å². The highest BCUT2D eigenvalue weighted by molar-refractivity contribution is 7.84. The number of hydrogen-bond donors (Lipinski definition) is 2. The largest absolute Gasteiger partial charge is 0.455 e. The molecular formula is C17H20N2O3S. The highest BCUT2D eigenvalue weighted by atomic mass is 32.2. The number of hydrogen-bond acceptors (Lipinski definition) is 3. The van der Waals surface area contributed by atoms with Crippen LogP contribution in [0.4, 0.5) is 10.5 Å². The first-order chi connectivity index (χ1) is 11.0. The number of carbonyl (C=O) groups is 1. The highest BCUT2D eigenvalue weighted by Crippen LogP contribution is 2.29. The normalized spacial score (nSPS) is 11.6. The molecule has 6 heteroatoms. The Bertz CT molecular complexity index is 686. The van der Waals surface area contributed by atoms with Crippen LogP contribution in [-0.2, 0) is 10.8 Å².